The Balaban J connectivity index is 2.58. The van der Waals surface area contributed by atoms with Gasteiger partial charge in [-0.05, 0) is 19.8 Å². The summed E-state index contributed by atoms with van der Waals surface area (Å²) in [6, 6.07) is 0.321. The molecule has 1 fully saturated rings. The fraction of sp³-hybridized carbons (Fsp3) is 0.909. The first kappa shape index (κ1) is 12.5. The van der Waals surface area contributed by atoms with Crippen molar-refractivity contribution >= 4 is 5.91 Å². The molecule has 0 aromatic carbocycles. The van der Waals surface area contributed by atoms with E-state index in [4.69, 9.17) is 11.5 Å². The number of carbonyl (C=O) groups excluding carboxylic acids is 1. The van der Waals surface area contributed by atoms with Gasteiger partial charge in [0.2, 0.25) is 5.91 Å². The van der Waals surface area contributed by atoms with Crippen LogP contribution in [-0.2, 0) is 4.79 Å². The van der Waals surface area contributed by atoms with Crippen LogP contribution in [0.2, 0.25) is 0 Å². The van der Waals surface area contributed by atoms with Crippen LogP contribution in [0.4, 0.5) is 0 Å². The van der Waals surface area contributed by atoms with Crippen molar-refractivity contribution in [3.63, 3.8) is 0 Å². The predicted octanol–water partition coefficient (Wildman–Crippen LogP) is 0.454. The van der Waals surface area contributed by atoms with Crippen molar-refractivity contribution < 1.29 is 4.79 Å². The van der Waals surface area contributed by atoms with Crippen molar-refractivity contribution in [3.8, 4) is 0 Å². The second kappa shape index (κ2) is 6.08. The summed E-state index contributed by atoms with van der Waals surface area (Å²) >= 11 is 0. The topological polar surface area (TPSA) is 72.4 Å². The van der Waals surface area contributed by atoms with Crippen LogP contribution in [0.3, 0.4) is 0 Å². The van der Waals surface area contributed by atoms with E-state index in [1.807, 2.05) is 6.92 Å². The minimum atomic E-state index is -0.242. The molecule has 88 valence electrons. The third kappa shape index (κ3) is 3.47. The highest BCUT2D eigenvalue weighted by atomic mass is 16.1. The minimum Gasteiger partial charge on any atom is -0.368 e. The zero-order chi connectivity index (χ0) is 11.3. The number of primary amides is 1. The first-order valence-corrected chi connectivity index (χ1v) is 5.92. The molecule has 1 saturated carbocycles. The molecule has 1 aliphatic rings. The third-order valence-corrected chi connectivity index (χ3v) is 3.34. The van der Waals surface area contributed by atoms with Crippen molar-refractivity contribution in [2.45, 2.75) is 51.1 Å². The summed E-state index contributed by atoms with van der Waals surface area (Å²) in [6.45, 7) is 3.25. The van der Waals surface area contributed by atoms with Gasteiger partial charge in [0.05, 0.1) is 6.04 Å². The van der Waals surface area contributed by atoms with Crippen LogP contribution < -0.4 is 11.5 Å². The maximum Gasteiger partial charge on any atom is 0.234 e. The Bertz CT molecular complexity index is 202. The molecule has 0 aromatic rings. The molecular formula is C11H23N3O. The van der Waals surface area contributed by atoms with Gasteiger partial charge in [-0.2, -0.15) is 0 Å². The fourth-order valence-electron chi connectivity index (χ4n) is 2.42. The van der Waals surface area contributed by atoms with Gasteiger partial charge in [-0.15, -0.1) is 0 Å². The van der Waals surface area contributed by atoms with Gasteiger partial charge < -0.3 is 11.5 Å². The molecule has 0 radical (unpaired) electrons. The molecular weight excluding hydrogens is 190 g/mol. The van der Waals surface area contributed by atoms with Crippen LogP contribution in [0.1, 0.15) is 39.0 Å². The van der Waals surface area contributed by atoms with E-state index < -0.39 is 0 Å². The van der Waals surface area contributed by atoms with Crippen molar-refractivity contribution in [2.75, 3.05) is 13.1 Å². The summed E-state index contributed by atoms with van der Waals surface area (Å²) in [5.41, 5.74) is 10.9. The van der Waals surface area contributed by atoms with Gasteiger partial charge in [-0.3, -0.25) is 9.69 Å². The second-order valence-corrected chi connectivity index (χ2v) is 4.40. The van der Waals surface area contributed by atoms with E-state index in [0.717, 1.165) is 6.54 Å². The first-order chi connectivity index (χ1) is 7.16. The van der Waals surface area contributed by atoms with Crippen molar-refractivity contribution in [1.29, 1.82) is 0 Å². The number of hydrogen-bond donors (Lipinski definition) is 2. The third-order valence-electron chi connectivity index (χ3n) is 3.34. The number of hydrogen-bond acceptors (Lipinski definition) is 3. The van der Waals surface area contributed by atoms with E-state index >= 15 is 0 Å². The number of amides is 1. The smallest absolute Gasteiger partial charge is 0.234 e. The Morgan fingerprint density at radius 2 is 2.00 bits per heavy atom. The highest BCUT2D eigenvalue weighted by molar-refractivity contribution is 5.79. The van der Waals surface area contributed by atoms with Crippen molar-refractivity contribution in [1.82, 2.24) is 4.90 Å². The van der Waals surface area contributed by atoms with Crippen LogP contribution in [0.5, 0.6) is 0 Å². The van der Waals surface area contributed by atoms with E-state index in [9.17, 15) is 4.79 Å². The molecule has 15 heavy (non-hydrogen) atoms. The fourth-order valence-corrected chi connectivity index (χ4v) is 2.42. The number of nitrogens with two attached hydrogens (primary N) is 2. The normalized spacial score (nSPS) is 20.5. The van der Waals surface area contributed by atoms with E-state index in [1.165, 1.54) is 32.1 Å². The van der Waals surface area contributed by atoms with Gasteiger partial charge in [0.15, 0.2) is 0 Å². The van der Waals surface area contributed by atoms with Crippen LogP contribution in [0, 0.1) is 0 Å². The lowest BCUT2D eigenvalue weighted by atomic mass is 9.93. The molecule has 0 saturated heterocycles. The van der Waals surface area contributed by atoms with Crippen LogP contribution in [0.15, 0.2) is 0 Å². The molecule has 4 N–H and O–H groups in total. The average molecular weight is 213 g/mol. The molecule has 0 aliphatic heterocycles. The van der Waals surface area contributed by atoms with Gasteiger partial charge in [0, 0.05) is 19.1 Å². The zero-order valence-electron chi connectivity index (χ0n) is 9.61. The van der Waals surface area contributed by atoms with Gasteiger partial charge in [-0.1, -0.05) is 19.3 Å². The Hall–Kier alpha value is -0.610. The van der Waals surface area contributed by atoms with Crippen molar-refractivity contribution in [2.24, 2.45) is 11.5 Å². The van der Waals surface area contributed by atoms with Gasteiger partial charge in [-0.25, -0.2) is 0 Å². The van der Waals surface area contributed by atoms with E-state index in [1.54, 1.807) is 0 Å². The summed E-state index contributed by atoms with van der Waals surface area (Å²) in [7, 11) is 0. The molecule has 1 atom stereocenters. The van der Waals surface area contributed by atoms with Gasteiger partial charge >= 0.3 is 0 Å². The van der Waals surface area contributed by atoms with Crippen molar-refractivity contribution in [3.05, 3.63) is 0 Å². The quantitative estimate of drug-likeness (QED) is 0.696. The molecule has 0 aromatic heterocycles. The molecule has 0 bridgehead atoms. The van der Waals surface area contributed by atoms with E-state index in [-0.39, 0.29) is 11.9 Å². The highest BCUT2D eigenvalue weighted by Gasteiger charge is 2.27. The predicted molar refractivity (Wildman–Crippen MR) is 61.3 cm³/mol. The molecule has 0 spiro atoms. The lowest BCUT2D eigenvalue weighted by molar-refractivity contribution is -0.123. The maximum atomic E-state index is 11.2. The van der Waals surface area contributed by atoms with Crippen LogP contribution in [0.25, 0.3) is 0 Å². The molecule has 1 unspecified atom stereocenters. The lowest BCUT2D eigenvalue weighted by Gasteiger charge is -2.37. The standard InChI is InChI=1S/C11H23N3O/c1-9(11(13)15)14(8-7-12)10-5-3-2-4-6-10/h9-10H,2-8,12H2,1H3,(H2,13,15). The molecule has 1 rings (SSSR count). The average Bonchev–Trinajstić information content (AvgIpc) is 2.26. The Morgan fingerprint density at radius 3 is 2.47 bits per heavy atom. The molecule has 1 aliphatic carbocycles. The van der Waals surface area contributed by atoms with Crippen LogP contribution >= 0.6 is 0 Å². The van der Waals surface area contributed by atoms with Gasteiger partial charge in [0.1, 0.15) is 0 Å². The summed E-state index contributed by atoms with van der Waals surface area (Å²) < 4.78 is 0. The monoisotopic (exact) mass is 213 g/mol. The largest absolute Gasteiger partial charge is 0.368 e. The lowest BCUT2D eigenvalue weighted by Crippen LogP contribution is -2.50. The maximum absolute atomic E-state index is 11.2. The molecule has 4 heteroatoms. The van der Waals surface area contributed by atoms with E-state index in [0.29, 0.717) is 12.6 Å². The summed E-state index contributed by atoms with van der Waals surface area (Å²) in [5, 5.41) is 0. The van der Waals surface area contributed by atoms with Crippen LogP contribution in [-0.4, -0.2) is 36.0 Å². The van der Waals surface area contributed by atoms with Gasteiger partial charge in [0.25, 0.3) is 0 Å². The second-order valence-electron chi connectivity index (χ2n) is 4.40. The molecule has 1 amide bonds. The summed E-state index contributed by atoms with van der Waals surface area (Å²) in [5.74, 6) is -0.242. The van der Waals surface area contributed by atoms with E-state index in [2.05, 4.69) is 4.90 Å². The zero-order valence-corrected chi connectivity index (χ0v) is 9.61. The number of carbonyl (C=O) groups is 1. The molecule has 0 heterocycles. The number of nitrogens with zero attached hydrogens (tertiary/aromatic N) is 1. The Kier molecular flexibility index (Phi) is 5.05. The summed E-state index contributed by atoms with van der Waals surface area (Å²) in [6.07, 6.45) is 6.20. The Morgan fingerprint density at radius 1 is 1.40 bits per heavy atom. The highest BCUT2D eigenvalue weighted by Crippen LogP contribution is 2.23. The Labute approximate surface area is 92.0 Å². The SMILES string of the molecule is CC(C(N)=O)N(CCN)C1CCCCC1. The summed E-state index contributed by atoms with van der Waals surface area (Å²) in [4.78, 5) is 13.4. The molecule has 4 nitrogen and oxygen atoms in total. The minimum absolute atomic E-state index is 0.184. The number of rotatable bonds is 5. The first-order valence-electron chi connectivity index (χ1n) is 5.92.